The number of nitrogens with zero attached hydrogens (tertiary/aromatic N) is 2. The number of carbonyl (C=O) groups excluding carboxylic acids is 2. The lowest BCUT2D eigenvalue weighted by molar-refractivity contribution is -0.141. The lowest BCUT2D eigenvalue weighted by atomic mass is 10.0. The Balaban J connectivity index is 1.37. The number of thiophene rings is 1. The van der Waals surface area contributed by atoms with E-state index in [1.54, 1.807) is 18.9 Å². The first-order valence-electron chi connectivity index (χ1n) is 10.8. The summed E-state index contributed by atoms with van der Waals surface area (Å²) < 4.78 is 44.2. The monoisotopic (exact) mass is 491 g/mol. The molecule has 1 aliphatic rings. The number of para-hydroxylation sites is 1. The minimum absolute atomic E-state index is 0.00108. The number of fused-ring (bicyclic) bond motifs is 1. The Bertz CT molecular complexity index is 1220. The van der Waals surface area contributed by atoms with E-state index in [2.05, 4.69) is 10.3 Å². The normalized spacial score (nSPS) is 14.9. The van der Waals surface area contributed by atoms with Crippen LogP contribution in [0.25, 0.3) is 10.2 Å². The maximum Gasteiger partial charge on any atom is 0.433 e. The van der Waals surface area contributed by atoms with Crippen LogP contribution in [-0.4, -0.2) is 47.9 Å². The average Bonchev–Trinajstić information content (AvgIpc) is 3.15. The lowest BCUT2D eigenvalue weighted by Gasteiger charge is -2.32. The van der Waals surface area contributed by atoms with E-state index in [0.717, 1.165) is 23.0 Å². The number of carbonyl (C=O) groups is 2. The highest BCUT2D eigenvalue weighted by atomic mass is 32.1. The Hall–Kier alpha value is -3.14. The van der Waals surface area contributed by atoms with Crippen LogP contribution in [0.3, 0.4) is 0 Å². The van der Waals surface area contributed by atoms with Crippen molar-refractivity contribution in [3.63, 3.8) is 0 Å². The van der Waals surface area contributed by atoms with Crippen LogP contribution >= 0.6 is 11.3 Å². The van der Waals surface area contributed by atoms with E-state index in [4.69, 9.17) is 4.74 Å². The highest BCUT2D eigenvalue weighted by Crippen LogP contribution is 2.34. The van der Waals surface area contributed by atoms with Gasteiger partial charge >= 0.3 is 6.18 Å². The molecule has 1 N–H and O–H groups in total. The average molecular weight is 492 g/mol. The summed E-state index contributed by atoms with van der Waals surface area (Å²) in [5.74, 6) is 0.350. The molecule has 0 aliphatic carbocycles. The van der Waals surface area contributed by atoms with Crippen molar-refractivity contribution in [3.05, 3.63) is 58.1 Å². The molecular formula is C24H24F3N3O3S. The van der Waals surface area contributed by atoms with E-state index in [9.17, 15) is 22.8 Å². The molecule has 3 aromatic rings. The number of ether oxygens (including phenoxy) is 1. The number of aryl methyl sites for hydroxylation is 1. The molecule has 1 saturated heterocycles. The van der Waals surface area contributed by atoms with Crippen molar-refractivity contribution in [2.45, 2.75) is 38.4 Å². The molecule has 1 fully saturated rings. The largest absolute Gasteiger partial charge is 0.496 e. The Kier molecular flexibility index (Phi) is 6.79. The van der Waals surface area contributed by atoms with E-state index >= 15 is 0 Å². The van der Waals surface area contributed by atoms with Crippen LogP contribution < -0.4 is 10.1 Å². The molecule has 0 radical (unpaired) electrons. The van der Waals surface area contributed by atoms with E-state index in [1.807, 2.05) is 24.3 Å². The Morgan fingerprint density at radius 2 is 1.88 bits per heavy atom. The van der Waals surface area contributed by atoms with Crippen molar-refractivity contribution in [1.29, 1.82) is 0 Å². The molecule has 10 heteroatoms. The molecule has 0 unspecified atom stereocenters. The van der Waals surface area contributed by atoms with Gasteiger partial charge in [0.05, 0.1) is 18.4 Å². The zero-order chi connectivity index (χ0) is 24.5. The third-order valence-electron chi connectivity index (χ3n) is 6.02. The summed E-state index contributed by atoms with van der Waals surface area (Å²) >= 11 is 0.961. The Morgan fingerprint density at radius 3 is 2.56 bits per heavy atom. The maximum absolute atomic E-state index is 13.0. The lowest BCUT2D eigenvalue weighted by Crippen LogP contribution is -2.46. The molecule has 180 valence electrons. The predicted octanol–water partition coefficient (Wildman–Crippen LogP) is 4.60. The summed E-state index contributed by atoms with van der Waals surface area (Å²) in [6.07, 6.45) is -3.09. The minimum atomic E-state index is -4.54. The van der Waals surface area contributed by atoms with Gasteiger partial charge in [0.1, 0.15) is 16.3 Å². The van der Waals surface area contributed by atoms with Gasteiger partial charge in [0, 0.05) is 30.1 Å². The first-order valence-corrected chi connectivity index (χ1v) is 11.7. The van der Waals surface area contributed by atoms with E-state index in [0.29, 0.717) is 47.5 Å². The molecular weight excluding hydrogens is 467 g/mol. The van der Waals surface area contributed by atoms with Crippen LogP contribution in [0.4, 0.5) is 13.2 Å². The van der Waals surface area contributed by atoms with Crippen molar-refractivity contribution in [2.24, 2.45) is 0 Å². The zero-order valence-electron chi connectivity index (χ0n) is 18.7. The third kappa shape index (κ3) is 5.01. The molecule has 1 aromatic carbocycles. The summed E-state index contributed by atoms with van der Waals surface area (Å²) in [5, 5.41) is 3.51. The molecule has 6 nitrogen and oxygen atoms in total. The van der Waals surface area contributed by atoms with Crippen molar-refractivity contribution < 1.29 is 27.5 Å². The second kappa shape index (κ2) is 9.61. The van der Waals surface area contributed by atoms with Gasteiger partial charge in [-0.1, -0.05) is 18.2 Å². The fourth-order valence-corrected chi connectivity index (χ4v) is 5.20. The van der Waals surface area contributed by atoms with Crippen LogP contribution in [0.5, 0.6) is 5.75 Å². The van der Waals surface area contributed by atoms with Gasteiger partial charge in [-0.15, -0.1) is 11.3 Å². The van der Waals surface area contributed by atoms with Gasteiger partial charge in [0.25, 0.3) is 5.91 Å². The number of benzene rings is 1. The summed E-state index contributed by atoms with van der Waals surface area (Å²) in [6.45, 7) is 2.74. The third-order valence-corrected chi connectivity index (χ3v) is 7.22. The topological polar surface area (TPSA) is 71.5 Å². The number of alkyl halides is 3. The number of likely N-dealkylation sites (tertiary alicyclic amines) is 1. The molecule has 1 aliphatic heterocycles. The van der Waals surface area contributed by atoms with Gasteiger partial charge in [0.15, 0.2) is 0 Å². The number of amides is 2. The molecule has 3 heterocycles. The summed E-state index contributed by atoms with van der Waals surface area (Å²) in [6, 6.07) is 9.57. The number of methoxy groups -OCH3 is 1. The van der Waals surface area contributed by atoms with Gasteiger partial charge in [-0.3, -0.25) is 9.59 Å². The van der Waals surface area contributed by atoms with Crippen LogP contribution in [0.15, 0.2) is 36.4 Å². The number of pyridine rings is 1. The van der Waals surface area contributed by atoms with E-state index < -0.39 is 11.9 Å². The maximum atomic E-state index is 13.0. The Morgan fingerprint density at radius 1 is 1.18 bits per heavy atom. The number of halogens is 3. The first-order chi connectivity index (χ1) is 16.2. The molecule has 0 saturated carbocycles. The van der Waals surface area contributed by atoms with Gasteiger partial charge in [0.2, 0.25) is 5.91 Å². The number of piperidine rings is 1. The van der Waals surface area contributed by atoms with E-state index in [1.165, 1.54) is 6.07 Å². The SMILES string of the molecule is COc1ccccc1CC(=O)N1CCC(NC(=O)c2sc3nc(C(F)(F)F)ccc3c2C)CC1. The molecule has 2 amide bonds. The fraction of sp³-hybridized carbons (Fsp3) is 0.375. The van der Waals surface area contributed by atoms with E-state index in [-0.39, 0.29) is 29.1 Å². The number of aromatic nitrogens is 1. The quantitative estimate of drug-likeness (QED) is 0.567. The Labute approximate surface area is 198 Å². The zero-order valence-corrected chi connectivity index (χ0v) is 19.6. The second-order valence-electron chi connectivity index (χ2n) is 8.22. The van der Waals surface area contributed by atoms with Crippen molar-refractivity contribution in [3.8, 4) is 5.75 Å². The van der Waals surface area contributed by atoms with Gasteiger partial charge in [-0.2, -0.15) is 13.2 Å². The number of hydrogen-bond donors (Lipinski definition) is 1. The molecule has 0 spiro atoms. The molecule has 2 aromatic heterocycles. The number of hydrogen-bond acceptors (Lipinski definition) is 5. The molecule has 4 rings (SSSR count). The summed E-state index contributed by atoms with van der Waals surface area (Å²) in [7, 11) is 1.57. The van der Waals surface area contributed by atoms with Crippen molar-refractivity contribution >= 4 is 33.4 Å². The van der Waals surface area contributed by atoms with Gasteiger partial charge in [-0.05, 0) is 43.5 Å². The van der Waals surface area contributed by atoms with Gasteiger partial charge in [-0.25, -0.2) is 4.98 Å². The van der Waals surface area contributed by atoms with Crippen LogP contribution in [-0.2, 0) is 17.4 Å². The second-order valence-corrected chi connectivity index (χ2v) is 9.22. The molecule has 0 atom stereocenters. The number of rotatable bonds is 5. The van der Waals surface area contributed by atoms with Crippen LogP contribution in [0.2, 0.25) is 0 Å². The fourth-order valence-electron chi connectivity index (χ4n) is 4.12. The van der Waals surface area contributed by atoms with Gasteiger partial charge < -0.3 is 15.0 Å². The molecule has 0 bridgehead atoms. The molecule has 34 heavy (non-hydrogen) atoms. The highest BCUT2D eigenvalue weighted by molar-refractivity contribution is 7.20. The van der Waals surface area contributed by atoms with Crippen molar-refractivity contribution in [2.75, 3.05) is 20.2 Å². The highest BCUT2D eigenvalue weighted by Gasteiger charge is 2.33. The standard InChI is InChI=1S/C24H24F3N3O3S/c1-14-17-7-8-19(24(25,26)27)29-23(17)34-21(14)22(32)28-16-9-11-30(12-10-16)20(31)13-15-5-3-4-6-18(15)33-2/h3-8,16H,9-13H2,1-2H3,(H,28,32). The van der Waals surface area contributed by atoms with Crippen LogP contribution in [0.1, 0.15) is 39.3 Å². The predicted molar refractivity (Wildman–Crippen MR) is 123 cm³/mol. The number of nitrogens with one attached hydrogen (secondary N) is 1. The smallest absolute Gasteiger partial charge is 0.433 e. The minimum Gasteiger partial charge on any atom is -0.496 e. The summed E-state index contributed by atoms with van der Waals surface area (Å²) in [4.78, 5) is 31.6. The van der Waals surface area contributed by atoms with Crippen LogP contribution in [0, 0.1) is 6.92 Å². The first kappa shape index (κ1) is 24.0. The van der Waals surface area contributed by atoms with Crippen molar-refractivity contribution in [1.82, 2.24) is 15.2 Å². The summed E-state index contributed by atoms with van der Waals surface area (Å²) in [5.41, 5.74) is 0.467.